The SMILES string of the molecule is Cc1ccc(NC(=O)Nc2cccc(-c3cn(C)nc3-c3ccnc(N)n3)c2)cc1. The lowest BCUT2D eigenvalue weighted by Crippen LogP contribution is -2.19. The molecule has 0 atom stereocenters. The predicted octanol–water partition coefficient (Wildman–Crippen LogP) is 4.08. The number of hydrogen-bond acceptors (Lipinski definition) is 5. The average Bonchev–Trinajstić information content (AvgIpc) is 3.12. The Balaban J connectivity index is 1.58. The van der Waals surface area contributed by atoms with Crippen molar-refractivity contribution in [1.29, 1.82) is 0 Å². The molecule has 30 heavy (non-hydrogen) atoms. The Labute approximate surface area is 173 Å². The number of anilines is 3. The molecule has 8 heteroatoms. The number of nitrogens with zero attached hydrogens (tertiary/aromatic N) is 4. The van der Waals surface area contributed by atoms with Gasteiger partial charge in [0.25, 0.3) is 0 Å². The van der Waals surface area contributed by atoms with Crippen LogP contribution in [-0.2, 0) is 7.05 Å². The van der Waals surface area contributed by atoms with Gasteiger partial charge in [-0.1, -0.05) is 29.8 Å². The quantitative estimate of drug-likeness (QED) is 0.479. The molecule has 4 rings (SSSR count). The minimum Gasteiger partial charge on any atom is -0.368 e. The topological polar surface area (TPSA) is 111 Å². The molecule has 0 aliphatic rings. The number of nitrogens with one attached hydrogen (secondary N) is 2. The van der Waals surface area contributed by atoms with Crippen molar-refractivity contribution in [1.82, 2.24) is 19.7 Å². The van der Waals surface area contributed by atoms with Crippen molar-refractivity contribution in [3.05, 3.63) is 72.6 Å². The molecule has 0 unspecified atom stereocenters. The van der Waals surface area contributed by atoms with Crippen molar-refractivity contribution in [2.75, 3.05) is 16.4 Å². The van der Waals surface area contributed by atoms with E-state index in [0.717, 1.165) is 22.4 Å². The molecule has 0 aliphatic carbocycles. The second-order valence-electron chi connectivity index (χ2n) is 6.89. The normalized spacial score (nSPS) is 10.6. The minimum atomic E-state index is -0.314. The van der Waals surface area contributed by atoms with Gasteiger partial charge in [0.05, 0.1) is 5.69 Å². The van der Waals surface area contributed by atoms with Crippen LogP contribution in [0, 0.1) is 6.92 Å². The van der Waals surface area contributed by atoms with Crippen molar-refractivity contribution in [3.8, 4) is 22.5 Å². The fourth-order valence-corrected chi connectivity index (χ4v) is 3.09. The number of hydrogen-bond donors (Lipinski definition) is 3. The maximum atomic E-state index is 12.4. The van der Waals surface area contributed by atoms with Gasteiger partial charge in [-0.2, -0.15) is 5.10 Å². The van der Waals surface area contributed by atoms with Gasteiger partial charge in [0.1, 0.15) is 5.69 Å². The highest BCUT2D eigenvalue weighted by molar-refractivity contribution is 6.00. The maximum absolute atomic E-state index is 12.4. The summed E-state index contributed by atoms with van der Waals surface area (Å²) in [6.45, 7) is 2.00. The molecule has 2 aromatic carbocycles. The Morgan fingerprint density at radius 2 is 1.80 bits per heavy atom. The average molecular weight is 399 g/mol. The highest BCUT2D eigenvalue weighted by atomic mass is 16.2. The third-order valence-electron chi connectivity index (χ3n) is 4.49. The molecule has 4 N–H and O–H groups in total. The lowest BCUT2D eigenvalue weighted by Gasteiger charge is -2.09. The molecule has 0 spiro atoms. The first-order valence-corrected chi connectivity index (χ1v) is 9.35. The van der Waals surface area contributed by atoms with Crippen molar-refractivity contribution in [3.63, 3.8) is 0 Å². The molecular formula is C22H21N7O. The van der Waals surface area contributed by atoms with Crippen molar-refractivity contribution in [2.24, 2.45) is 7.05 Å². The maximum Gasteiger partial charge on any atom is 0.323 e. The van der Waals surface area contributed by atoms with E-state index < -0.39 is 0 Å². The van der Waals surface area contributed by atoms with Gasteiger partial charge in [0, 0.05) is 36.4 Å². The zero-order valence-electron chi connectivity index (χ0n) is 16.6. The zero-order valence-corrected chi connectivity index (χ0v) is 16.6. The van der Waals surface area contributed by atoms with Crippen LogP contribution in [0.3, 0.4) is 0 Å². The Morgan fingerprint density at radius 3 is 2.57 bits per heavy atom. The summed E-state index contributed by atoms with van der Waals surface area (Å²) in [6, 6.07) is 16.6. The second kappa shape index (κ2) is 8.04. The number of aromatic nitrogens is 4. The zero-order chi connectivity index (χ0) is 21.1. The number of urea groups is 1. The van der Waals surface area contributed by atoms with Gasteiger partial charge in [0.15, 0.2) is 0 Å². The number of nitrogen functional groups attached to an aromatic ring is 1. The van der Waals surface area contributed by atoms with Crippen molar-refractivity contribution >= 4 is 23.4 Å². The highest BCUT2D eigenvalue weighted by Crippen LogP contribution is 2.31. The predicted molar refractivity (Wildman–Crippen MR) is 118 cm³/mol. The number of aryl methyl sites for hydroxylation is 2. The Morgan fingerprint density at radius 1 is 1.03 bits per heavy atom. The molecule has 0 aliphatic heterocycles. The van der Waals surface area contributed by atoms with E-state index in [2.05, 4.69) is 25.7 Å². The van der Waals surface area contributed by atoms with Gasteiger partial charge < -0.3 is 16.4 Å². The summed E-state index contributed by atoms with van der Waals surface area (Å²) < 4.78 is 1.72. The number of carbonyl (C=O) groups excluding carboxylic acids is 1. The summed E-state index contributed by atoms with van der Waals surface area (Å²) in [5.41, 5.74) is 11.3. The van der Waals surface area contributed by atoms with Crippen LogP contribution in [0.2, 0.25) is 0 Å². The van der Waals surface area contributed by atoms with Crippen LogP contribution < -0.4 is 16.4 Å². The fraction of sp³-hybridized carbons (Fsp3) is 0.0909. The largest absolute Gasteiger partial charge is 0.368 e. The highest BCUT2D eigenvalue weighted by Gasteiger charge is 2.14. The Bertz CT molecular complexity index is 1200. The van der Waals surface area contributed by atoms with E-state index in [1.54, 1.807) is 16.9 Å². The van der Waals surface area contributed by atoms with Gasteiger partial charge >= 0.3 is 6.03 Å². The summed E-state index contributed by atoms with van der Waals surface area (Å²) in [4.78, 5) is 20.6. The molecule has 8 nitrogen and oxygen atoms in total. The van der Waals surface area contributed by atoms with Crippen molar-refractivity contribution in [2.45, 2.75) is 6.92 Å². The molecular weight excluding hydrogens is 378 g/mol. The van der Waals surface area contributed by atoms with Crippen LogP contribution in [0.5, 0.6) is 0 Å². The Hall–Kier alpha value is -4.20. The third-order valence-corrected chi connectivity index (χ3v) is 4.49. The standard InChI is InChI=1S/C22H21N7O/c1-14-6-8-16(9-7-14)25-22(30)26-17-5-3-4-15(12-17)18-13-29(2)28-20(18)19-10-11-24-21(23)27-19/h3-13H,1-2H3,(H2,23,24,27)(H2,25,26,30). The molecule has 0 saturated heterocycles. The third kappa shape index (κ3) is 4.27. The summed E-state index contributed by atoms with van der Waals surface area (Å²) in [5.74, 6) is 0.187. The molecule has 0 fully saturated rings. The lowest BCUT2D eigenvalue weighted by atomic mass is 10.0. The molecule has 0 bridgehead atoms. The van der Waals surface area contributed by atoms with E-state index in [0.29, 0.717) is 17.1 Å². The second-order valence-corrected chi connectivity index (χ2v) is 6.89. The fourth-order valence-electron chi connectivity index (χ4n) is 3.09. The van der Waals surface area contributed by atoms with Gasteiger partial charge in [-0.3, -0.25) is 4.68 Å². The first kappa shape index (κ1) is 19.1. The molecule has 0 saturated carbocycles. The lowest BCUT2D eigenvalue weighted by molar-refractivity contribution is 0.262. The summed E-state index contributed by atoms with van der Waals surface area (Å²) in [6.07, 6.45) is 3.50. The summed E-state index contributed by atoms with van der Waals surface area (Å²) >= 11 is 0. The number of rotatable bonds is 4. The van der Waals surface area contributed by atoms with Gasteiger partial charge in [-0.15, -0.1) is 0 Å². The van der Waals surface area contributed by atoms with Gasteiger partial charge in [-0.25, -0.2) is 14.8 Å². The van der Waals surface area contributed by atoms with E-state index in [1.165, 1.54) is 0 Å². The van der Waals surface area contributed by atoms with Crippen LogP contribution >= 0.6 is 0 Å². The first-order valence-electron chi connectivity index (χ1n) is 9.35. The number of carbonyl (C=O) groups is 1. The number of nitrogens with two attached hydrogens (primary N) is 1. The van der Waals surface area contributed by atoms with Gasteiger partial charge in [-0.05, 0) is 42.8 Å². The number of amides is 2. The molecule has 2 heterocycles. The van der Waals surface area contributed by atoms with Crippen LogP contribution in [0.1, 0.15) is 5.56 Å². The molecule has 150 valence electrons. The summed E-state index contributed by atoms with van der Waals surface area (Å²) in [7, 11) is 1.84. The van der Waals surface area contributed by atoms with Crippen LogP contribution in [-0.4, -0.2) is 25.8 Å². The van der Waals surface area contributed by atoms with Crippen LogP contribution in [0.25, 0.3) is 22.5 Å². The van der Waals surface area contributed by atoms with E-state index in [9.17, 15) is 4.79 Å². The van der Waals surface area contributed by atoms with Gasteiger partial charge in [0.2, 0.25) is 5.95 Å². The van der Waals surface area contributed by atoms with E-state index in [1.807, 2.05) is 68.7 Å². The molecule has 0 radical (unpaired) electrons. The van der Waals surface area contributed by atoms with E-state index in [-0.39, 0.29) is 12.0 Å². The van der Waals surface area contributed by atoms with Crippen LogP contribution in [0.15, 0.2) is 67.0 Å². The molecule has 2 aromatic heterocycles. The minimum absolute atomic E-state index is 0.187. The number of benzene rings is 2. The molecule has 4 aromatic rings. The van der Waals surface area contributed by atoms with Crippen molar-refractivity contribution < 1.29 is 4.79 Å². The van der Waals surface area contributed by atoms with E-state index in [4.69, 9.17) is 5.73 Å². The molecule has 2 amide bonds. The Kier molecular flexibility index (Phi) is 5.13. The summed E-state index contributed by atoms with van der Waals surface area (Å²) in [5, 5.41) is 10.2. The smallest absolute Gasteiger partial charge is 0.323 e. The monoisotopic (exact) mass is 399 g/mol. The van der Waals surface area contributed by atoms with Crippen LogP contribution in [0.4, 0.5) is 22.1 Å². The first-order chi connectivity index (χ1) is 14.5. The van der Waals surface area contributed by atoms with E-state index >= 15 is 0 Å².